The molecule has 2 aromatic heterocycles. The summed E-state index contributed by atoms with van der Waals surface area (Å²) in [5, 5.41) is 8.62. The first-order valence-corrected chi connectivity index (χ1v) is 9.26. The molecule has 1 aliphatic heterocycles. The molecule has 0 spiro atoms. The van der Waals surface area contributed by atoms with Gasteiger partial charge in [0.05, 0.1) is 11.2 Å². The lowest BCUT2D eigenvalue weighted by Crippen LogP contribution is -2.34. The van der Waals surface area contributed by atoms with Gasteiger partial charge in [-0.2, -0.15) is 0 Å². The lowest BCUT2D eigenvalue weighted by atomic mass is 9.97. The highest BCUT2D eigenvalue weighted by Crippen LogP contribution is 2.28. The zero-order valence-corrected chi connectivity index (χ0v) is 14.6. The van der Waals surface area contributed by atoms with Crippen LogP contribution in [0.3, 0.4) is 0 Å². The van der Waals surface area contributed by atoms with E-state index in [2.05, 4.69) is 55.8 Å². The fourth-order valence-electron chi connectivity index (χ4n) is 3.40. The van der Waals surface area contributed by atoms with Crippen molar-refractivity contribution in [3.05, 3.63) is 58.6 Å². The normalized spacial score (nSPS) is 18.8. The van der Waals surface area contributed by atoms with E-state index in [1.165, 1.54) is 17.7 Å². The Morgan fingerprint density at radius 3 is 2.92 bits per heavy atom. The third-order valence-corrected chi connectivity index (χ3v) is 5.61. The number of benzene rings is 1. The van der Waals surface area contributed by atoms with Crippen LogP contribution in [0.5, 0.6) is 0 Å². The van der Waals surface area contributed by atoms with E-state index >= 15 is 0 Å². The fraction of sp³-hybridized carbons (Fsp3) is 0.389. The van der Waals surface area contributed by atoms with E-state index in [0.29, 0.717) is 5.92 Å². The van der Waals surface area contributed by atoms with Crippen LogP contribution < -0.4 is 0 Å². The van der Waals surface area contributed by atoms with Crippen molar-refractivity contribution in [1.29, 1.82) is 0 Å². The molecule has 0 saturated carbocycles. The van der Waals surface area contributed by atoms with Gasteiger partial charge in [0.1, 0.15) is 12.2 Å². The third kappa shape index (κ3) is 3.12. The van der Waals surface area contributed by atoms with Crippen LogP contribution in [0.4, 0.5) is 0 Å². The van der Waals surface area contributed by atoms with Gasteiger partial charge in [0.25, 0.3) is 0 Å². The van der Waals surface area contributed by atoms with Crippen molar-refractivity contribution in [2.45, 2.75) is 32.2 Å². The zero-order chi connectivity index (χ0) is 16.4. The lowest BCUT2D eigenvalue weighted by molar-refractivity contribution is 0.197. The van der Waals surface area contributed by atoms with Crippen LogP contribution in [0.1, 0.15) is 35.2 Å². The van der Waals surface area contributed by atoms with E-state index in [4.69, 9.17) is 0 Å². The predicted molar refractivity (Wildman–Crippen MR) is 95.5 cm³/mol. The van der Waals surface area contributed by atoms with Crippen LogP contribution in [0.15, 0.2) is 42.2 Å². The minimum Gasteiger partial charge on any atom is -0.297 e. The molecular weight excluding hydrogens is 318 g/mol. The van der Waals surface area contributed by atoms with Gasteiger partial charge in [0, 0.05) is 29.6 Å². The van der Waals surface area contributed by atoms with Crippen LogP contribution in [-0.4, -0.2) is 37.7 Å². The van der Waals surface area contributed by atoms with E-state index < -0.39 is 0 Å². The summed E-state index contributed by atoms with van der Waals surface area (Å²) < 4.78 is 2.13. The molecule has 0 N–H and O–H groups in total. The minimum atomic E-state index is 0.426. The van der Waals surface area contributed by atoms with Gasteiger partial charge in [-0.3, -0.25) is 9.47 Å². The number of thiazole rings is 1. The number of aryl methyl sites for hydroxylation is 1. The van der Waals surface area contributed by atoms with Crippen molar-refractivity contribution in [2.75, 3.05) is 13.1 Å². The summed E-state index contributed by atoms with van der Waals surface area (Å²) in [6.07, 6.45) is 4.20. The second-order valence-electron chi connectivity index (χ2n) is 6.33. The summed E-state index contributed by atoms with van der Waals surface area (Å²) >= 11 is 1.76. The second-order valence-corrected chi connectivity index (χ2v) is 7.27. The minimum absolute atomic E-state index is 0.426. The number of para-hydroxylation sites is 1. The van der Waals surface area contributed by atoms with E-state index in [0.717, 1.165) is 36.8 Å². The Labute approximate surface area is 146 Å². The van der Waals surface area contributed by atoms with Gasteiger partial charge in [-0.05, 0) is 38.4 Å². The van der Waals surface area contributed by atoms with Crippen molar-refractivity contribution >= 4 is 11.3 Å². The summed E-state index contributed by atoms with van der Waals surface area (Å²) in [6, 6.07) is 10.4. The number of rotatable bonds is 4. The molecule has 1 aromatic carbocycles. The molecule has 0 radical (unpaired) electrons. The van der Waals surface area contributed by atoms with Crippen LogP contribution in [0, 0.1) is 6.92 Å². The molecule has 1 fully saturated rings. The first kappa shape index (κ1) is 15.5. The number of aromatic nitrogens is 4. The Balaban J connectivity index is 1.53. The SMILES string of the molecule is Cc1ncsc1CN1CCC[C@H](c2nncn2-c2ccccc2)C1. The number of nitrogens with zero attached hydrogens (tertiary/aromatic N) is 5. The molecule has 0 amide bonds. The first-order chi connectivity index (χ1) is 11.8. The molecule has 0 unspecified atom stereocenters. The maximum absolute atomic E-state index is 4.44. The first-order valence-electron chi connectivity index (χ1n) is 8.38. The van der Waals surface area contributed by atoms with Crippen LogP contribution >= 0.6 is 11.3 Å². The Bertz CT molecular complexity index is 795. The Morgan fingerprint density at radius 2 is 2.12 bits per heavy atom. The molecule has 3 aromatic rings. The molecule has 0 aliphatic carbocycles. The van der Waals surface area contributed by atoms with Gasteiger partial charge >= 0.3 is 0 Å². The summed E-state index contributed by atoms with van der Waals surface area (Å²) in [7, 11) is 0. The highest BCUT2D eigenvalue weighted by molar-refractivity contribution is 7.09. The number of likely N-dealkylation sites (tertiary alicyclic amines) is 1. The Kier molecular flexibility index (Phi) is 4.40. The van der Waals surface area contributed by atoms with E-state index in [1.807, 2.05) is 17.9 Å². The maximum Gasteiger partial charge on any atom is 0.141 e. The quantitative estimate of drug-likeness (QED) is 0.731. The van der Waals surface area contributed by atoms with E-state index in [9.17, 15) is 0 Å². The summed E-state index contributed by atoms with van der Waals surface area (Å²) in [5.74, 6) is 1.50. The van der Waals surface area contributed by atoms with Gasteiger partial charge in [-0.1, -0.05) is 18.2 Å². The molecule has 0 bridgehead atoms. The Morgan fingerprint density at radius 1 is 1.25 bits per heavy atom. The largest absolute Gasteiger partial charge is 0.297 e. The molecule has 124 valence electrons. The highest BCUT2D eigenvalue weighted by atomic mass is 32.1. The van der Waals surface area contributed by atoms with Gasteiger partial charge in [0.15, 0.2) is 0 Å². The molecule has 3 heterocycles. The standard InChI is InChI=1S/C18H21N5S/c1-14-17(24-13-19-14)11-22-9-5-6-15(10-22)18-21-20-12-23(18)16-7-3-2-4-8-16/h2-4,7-8,12-13,15H,5-6,9-11H2,1H3/t15-/m0/s1. The van der Waals surface area contributed by atoms with Crippen LogP contribution in [-0.2, 0) is 6.54 Å². The Hall–Kier alpha value is -2.05. The van der Waals surface area contributed by atoms with Crippen LogP contribution in [0.2, 0.25) is 0 Å². The number of hydrogen-bond donors (Lipinski definition) is 0. The smallest absolute Gasteiger partial charge is 0.141 e. The van der Waals surface area contributed by atoms with Crippen molar-refractivity contribution in [3.63, 3.8) is 0 Å². The third-order valence-electron chi connectivity index (χ3n) is 4.69. The molecule has 5 nitrogen and oxygen atoms in total. The fourth-order valence-corrected chi connectivity index (χ4v) is 4.22. The highest BCUT2D eigenvalue weighted by Gasteiger charge is 2.26. The van der Waals surface area contributed by atoms with E-state index in [1.54, 1.807) is 11.3 Å². The molecule has 4 rings (SSSR count). The average molecular weight is 339 g/mol. The second kappa shape index (κ2) is 6.83. The van der Waals surface area contributed by atoms with Crippen molar-refractivity contribution in [2.24, 2.45) is 0 Å². The molecule has 24 heavy (non-hydrogen) atoms. The number of hydrogen-bond acceptors (Lipinski definition) is 5. The summed E-state index contributed by atoms with van der Waals surface area (Å²) in [5.41, 5.74) is 4.24. The van der Waals surface area contributed by atoms with Crippen molar-refractivity contribution in [3.8, 4) is 5.69 Å². The van der Waals surface area contributed by atoms with E-state index in [-0.39, 0.29) is 0 Å². The monoisotopic (exact) mass is 339 g/mol. The van der Waals surface area contributed by atoms with Gasteiger partial charge < -0.3 is 0 Å². The molecular formula is C18H21N5S. The van der Waals surface area contributed by atoms with Gasteiger partial charge in [-0.25, -0.2) is 4.98 Å². The molecule has 6 heteroatoms. The van der Waals surface area contributed by atoms with Gasteiger partial charge in [-0.15, -0.1) is 21.5 Å². The van der Waals surface area contributed by atoms with Crippen molar-refractivity contribution < 1.29 is 0 Å². The molecule has 1 saturated heterocycles. The molecule has 1 aliphatic rings. The van der Waals surface area contributed by atoms with Gasteiger partial charge in [0.2, 0.25) is 0 Å². The average Bonchev–Trinajstić information content (AvgIpc) is 3.26. The number of piperidine rings is 1. The predicted octanol–water partition coefficient (Wildman–Crippen LogP) is 3.41. The summed E-state index contributed by atoms with van der Waals surface area (Å²) in [6.45, 7) is 5.27. The maximum atomic E-state index is 4.44. The topological polar surface area (TPSA) is 46.8 Å². The zero-order valence-electron chi connectivity index (χ0n) is 13.8. The van der Waals surface area contributed by atoms with Crippen molar-refractivity contribution in [1.82, 2.24) is 24.6 Å². The summed E-state index contributed by atoms with van der Waals surface area (Å²) in [4.78, 5) is 8.27. The van der Waals surface area contributed by atoms with Crippen LogP contribution in [0.25, 0.3) is 5.69 Å². The lowest BCUT2D eigenvalue weighted by Gasteiger charge is -2.32. The molecule has 1 atom stereocenters.